The smallest absolute Gasteiger partial charge is 0.294 e. The van der Waals surface area contributed by atoms with Crippen molar-refractivity contribution in [2.24, 2.45) is 0 Å². The fraction of sp³-hybridized carbons (Fsp3) is 0.222. The number of nitrogens with zero attached hydrogens (tertiary/aromatic N) is 2. The van der Waals surface area contributed by atoms with Crippen LogP contribution in [0.15, 0.2) is 34.9 Å². The van der Waals surface area contributed by atoms with Crippen molar-refractivity contribution in [3.8, 4) is 0 Å². The van der Waals surface area contributed by atoms with E-state index in [9.17, 15) is 14.4 Å². The second kappa shape index (κ2) is 8.65. The lowest BCUT2D eigenvalue weighted by Gasteiger charge is -2.11. The molecule has 0 saturated carbocycles. The van der Waals surface area contributed by atoms with E-state index in [2.05, 4.69) is 10.3 Å². The monoisotopic (exact) mass is 455 g/mol. The van der Waals surface area contributed by atoms with Crippen molar-refractivity contribution in [3.05, 3.63) is 55.4 Å². The zero-order chi connectivity index (χ0) is 20.4. The van der Waals surface area contributed by atoms with Crippen LogP contribution in [0.3, 0.4) is 0 Å². The van der Waals surface area contributed by atoms with E-state index in [4.69, 9.17) is 23.2 Å². The summed E-state index contributed by atoms with van der Waals surface area (Å²) in [5, 5.41) is 3.69. The number of benzene rings is 1. The van der Waals surface area contributed by atoms with Gasteiger partial charge in [0, 0.05) is 27.5 Å². The summed E-state index contributed by atoms with van der Waals surface area (Å²) >= 11 is 14.2. The molecule has 0 unspecified atom stereocenters. The molecule has 2 aromatic rings. The third kappa shape index (κ3) is 4.75. The molecule has 0 spiro atoms. The van der Waals surface area contributed by atoms with Crippen molar-refractivity contribution in [2.75, 3.05) is 11.9 Å². The number of hydrogen-bond donors (Lipinski definition) is 1. The molecular weight excluding hydrogens is 441 g/mol. The average Bonchev–Trinajstić information content (AvgIpc) is 3.16. The highest BCUT2D eigenvalue weighted by Crippen LogP contribution is 2.32. The number of carbonyl (C=O) groups is 3. The highest BCUT2D eigenvalue weighted by molar-refractivity contribution is 8.18. The lowest BCUT2D eigenvalue weighted by atomic mass is 10.1. The second-order valence-corrected chi connectivity index (χ2v) is 9.10. The summed E-state index contributed by atoms with van der Waals surface area (Å²) in [6.45, 7) is 3.15. The van der Waals surface area contributed by atoms with Crippen LogP contribution in [0.25, 0.3) is 0 Å². The van der Waals surface area contributed by atoms with Gasteiger partial charge in [-0.25, -0.2) is 4.98 Å². The Morgan fingerprint density at radius 3 is 2.64 bits per heavy atom. The Hall–Kier alpha value is -1.87. The zero-order valence-corrected chi connectivity index (χ0v) is 18.1. The van der Waals surface area contributed by atoms with Gasteiger partial charge < -0.3 is 5.32 Å². The van der Waals surface area contributed by atoms with Gasteiger partial charge in [-0.05, 0) is 43.3 Å². The Labute approximate surface area is 179 Å². The molecule has 6 nitrogen and oxygen atoms in total. The molecule has 2 heterocycles. The standard InChI is InChI=1S/C18H15Cl2N3O3S2/c1-9(2)15-16(25)23(18(26)28-15)8-14(24)22-17-21-7-12(27-17)5-10-3-4-11(19)6-13(10)20/h3-4,6-7H,5,8H2,1-2H3,(H,21,22,24). The van der Waals surface area contributed by atoms with Crippen LogP contribution in [0.4, 0.5) is 9.93 Å². The normalized spacial score (nSPS) is 14.0. The van der Waals surface area contributed by atoms with Crippen molar-refractivity contribution in [2.45, 2.75) is 20.3 Å². The van der Waals surface area contributed by atoms with Crippen LogP contribution in [0.2, 0.25) is 10.0 Å². The number of imide groups is 1. The summed E-state index contributed by atoms with van der Waals surface area (Å²) in [6, 6.07) is 5.27. The molecule has 1 saturated heterocycles. The van der Waals surface area contributed by atoms with E-state index in [1.807, 2.05) is 6.07 Å². The molecule has 28 heavy (non-hydrogen) atoms. The van der Waals surface area contributed by atoms with Crippen molar-refractivity contribution in [1.29, 1.82) is 0 Å². The number of anilines is 1. The quantitative estimate of drug-likeness (QED) is 0.643. The molecule has 1 aromatic carbocycles. The molecule has 0 aliphatic carbocycles. The first kappa shape index (κ1) is 20.9. The SMILES string of the molecule is CC(C)=C1SC(=O)N(CC(=O)Nc2ncc(Cc3ccc(Cl)cc3Cl)s2)C1=O. The first-order chi connectivity index (χ1) is 13.2. The van der Waals surface area contributed by atoms with Crippen LogP contribution < -0.4 is 5.32 Å². The number of aromatic nitrogens is 1. The van der Waals surface area contributed by atoms with Gasteiger partial charge in [-0.2, -0.15) is 0 Å². The number of halogens is 2. The maximum Gasteiger partial charge on any atom is 0.294 e. The van der Waals surface area contributed by atoms with E-state index >= 15 is 0 Å². The minimum atomic E-state index is -0.484. The van der Waals surface area contributed by atoms with E-state index in [0.29, 0.717) is 26.5 Å². The summed E-state index contributed by atoms with van der Waals surface area (Å²) in [5.41, 5.74) is 1.64. The number of thiazole rings is 1. The number of allylic oxidation sites excluding steroid dienone is 1. The van der Waals surface area contributed by atoms with Crippen LogP contribution in [-0.4, -0.2) is 33.5 Å². The second-order valence-electron chi connectivity index (χ2n) is 6.18. The number of rotatable bonds is 5. The van der Waals surface area contributed by atoms with Crippen molar-refractivity contribution < 1.29 is 14.4 Å². The maximum absolute atomic E-state index is 12.2. The van der Waals surface area contributed by atoms with Crippen molar-refractivity contribution in [3.63, 3.8) is 0 Å². The highest BCUT2D eigenvalue weighted by atomic mass is 35.5. The molecule has 1 aromatic heterocycles. The van der Waals surface area contributed by atoms with Gasteiger partial charge in [0.25, 0.3) is 11.1 Å². The van der Waals surface area contributed by atoms with E-state index in [0.717, 1.165) is 32.7 Å². The zero-order valence-electron chi connectivity index (χ0n) is 14.9. The van der Waals surface area contributed by atoms with Crippen molar-refractivity contribution in [1.82, 2.24) is 9.88 Å². The molecule has 10 heteroatoms. The molecule has 1 fully saturated rings. The van der Waals surface area contributed by atoms with Gasteiger partial charge in [0.15, 0.2) is 5.13 Å². The summed E-state index contributed by atoms with van der Waals surface area (Å²) in [6.07, 6.45) is 2.20. The first-order valence-corrected chi connectivity index (χ1v) is 10.5. The largest absolute Gasteiger partial charge is 0.300 e. The molecule has 146 valence electrons. The van der Waals surface area contributed by atoms with Gasteiger partial charge >= 0.3 is 0 Å². The molecule has 1 aliphatic heterocycles. The van der Waals surface area contributed by atoms with Crippen LogP contribution in [0.5, 0.6) is 0 Å². The number of amides is 3. The lowest BCUT2D eigenvalue weighted by molar-refractivity contribution is -0.127. The Kier molecular flexibility index (Phi) is 6.44. The van der Waals surface area contributed by atoms with Crippen LogP contribution in [0, 0.1) is 0 Å². The minimum absolute atomic E-state index is 0.348. The Bertz CT molecular complexity index is 1000. The summed E-state index contributed by atoms with van der Waals surface area (Å²) < 4.78 is 0. The summed E-state index contributed by atoms with van der Waals surface area (Å²) in [7, 11) is 0. The predicted molar refractivity (Wildman–Crippen MR) is 113 cm³/mol. The molecule has 3 amide bonds. The Balaban J connectivity index is 1.62. The third-order valence-corrected chi connectivity index (χ3v) is 6.47. The highest BCUT2D eigenvalue weighted by Gasteiger charge is 2.36. The van der Waals surface area contributed by atoms with Gasteiger partial charge in [0.1, 0.15) is 6.54 Å². The molecule has 0 bridgehead atoms. The van der Waals surface area contributed by atoms with E-state index < -0.39 is 17.1 Å². The molecule has 1 N–H and O–H groups in total. The average molecular weight is 456 g/mol. The predicted octanol–water partition coefficient (Wildman–Crippen LogP) is 4.97. The number of nitrogens with one attached hydrogen (secondary N) is 1. The molecule has 0 atom stereocenters. The van der Waals surface area contributed by atoms with Gasteiger partial charge in [-0.1, -0.05) is 34.8 Å². The molecule has 1 aliphatic rings. The topological polar surface area (TPSA) is 79.4 Å². The number of thioether (sulfide) groups is 1. The maximum atomic E-state index is 12.2. The molecule has 0 radical (unpaired) electrons. The van der Waals surface area contributed by atoms with Gasteiger partial charge in [0.05, 0.1) is 4.91 Å². The number of carbonyl (C=O) groups excluding carboxylic acids is 3. The Morgan fingerprint density at radius 1 is 1.25 bits per heavy atom. The van der Waals surface area contributed by atoms with Gasteiger partial charge in [-0.15, -0.1) is 11.3 Å². The number of hydrogen-bond acceptors (Lipinski definition) is 6. The van der Waals surface area contributed by atoms with Crippen LogP contribution in [-0.2, 0) is 16.0 Å². The van der Waals surface area contributed by atoms with Crippen molar-refractivity contribution >= 4 is 68.5 Å². The summed E-state index contributed by atoms with van der Waals surface area (Å²) in [5.74, 6) is -0.926. The fourth-order valence-corrected chi connectivity index (χ4v) is 4.61. The minimum Gasteiger partial charge on any atom is -0.300 e. The molecular formula is C18H15Cl2N3O3S2. The fourth-order valence-electron chi connectivity index (χ4n) is 2.45. The van der Waals surface area contributed by atoms with E-state index in [-0.39, 0.29) is 6.54 Å². The van der Waals surface area contributed by atoms with E-state index in [1.54, 1.807) is 32.2 Å². The summed E-state index contributed by atoms with van der Waals surface area (Å²) in [4.78, 5) is 42.8. The Morgan fingerprint density at radius 2 is 2.00 bits per heavy atom. The van der Waals surface area contributed by atoms with Crippen LogP contribution >= 0.6 is 46.3 Å². The third-order valence-electron chi connectivity index (χ3n) is 3.78. The first-order valence-electron chi connectivity index (χ1n) is 8.14. The van der Waals surface area contributed by atoms with Gasteiger partial charge in [-0.3, -0.25) is 19.3 Å². The van der Waals surface area contributed by atoms with Crippen LogP contribution in [0.1, 0.15) is 24.3 Å². The van der Waals surface area contributed by atoms with Gasteiger partial charge in [0.2, 0.25) is 5.91 Å². The lowest BCUT2D eigenvalue weighted by Crippen LogP contribution is -2.36. The van der Waals surface area contributed by atoms with E-state index in [1.165, 1.54) is 11.3 Å². The molecule has 3 rings (SSSR count).